The lowest BCUT2D eigenvalue weighted by atomic mass is 9.96. The molecule has 0 saturated carbocycles. The number of hydrogen-bond donors (Lipinski definition) is 0. The average Bonchev–Trinajstić information content (AvgIpc) is 2.16. The van der Waals surface area contributed by atoms with Gasteiger partial charge in [-0.2, -0.15) is 0 Å². The van der Waals surface area contributed by atoms with E-state index in [-0.39, 0.29) is 11.7 Å². The SMILES string of the molecule is CCC(Br)C(C)c1ccccc1F. The Hall–Kier alpha value is -0.370. The van der Waals surface area contributed by atoms with Crippen LogP contribution in [0, 0.1) is 5.82 Å². The van der Waals surface area contributed by atoms with Gasteiger partial charge in [-0.05, 0) is 24.0 Å². The van der Waals surface area contributed by atoms with Crippen molar-refractivity contribution in [3.8, 4) is 0 Å². The minimum absolute atomic E-state index is 0.104. The first-order valence-electron chi connectivity index (χ1n) is 4.55. The first-order chi connectivity index (χ1) is 6.16. The molecule has 0 heterocycles. The summed E-state index contributed by atoms with van der Waals surface area (Å²) in [4.78, 5) is 0.351. The number of benzene rings is 1. The van der Waals surface area contributed by atoms with E-state index in [1.165, 1.54) is 6.07 Å². The number of hydrogen-bond acceptors (Lipinski definition) is 0. The zero-order chi connectivity index (χ0) is 9.84. The van der Waals surface area contributed by atoms with Crippen LogP contribution in [0.15, 0.2) is 24.3 Å². The second kappa shape index (κ2) is 4.75. The fourth-order valence-electron chi connectivity index (χ4n) is 1.39. The van der Waals surface area contributed by atoms with Crippen molar-refractivity contribution in [2.45, 2.75) is 31.0 Å². The van der Waals surface area contributed by atoms with Crippen molar-refractivity contribution in [2.75, 3.05) is 0 Å². The number of halogens is 2. The maximum absolute atomic E-state index is 13.3. The summed E-state index contributed by atoms with van der Waals surface area (Å²) in [6.45, 7) is 4.14. The van der Waals surface area contributed by atoms with Gasteiger partial charge in [-0.3, -0.25) is 0 Å². The molecule has 0 aliphatic carbocycles. The Kier molecular flexibility index (Phi) is 3.91. The summed E-state index contributed by atoms with van der Waals surface area (Å²) in [6.07, 6.45) is 1.01. The monoisotopic (exact) mass is 244 g/mol. The maximum atomic E-state index is 13.3. The Balaban J connectivity index is 2.88. The van der Waals surface area contributed by atoms with Crippen molar-refractivity contribution >= 4 is 15.9 Å². The Labute approximate surface area is 87.3 Å². The standard InChI is InChI=1S/C11H14BrF/c1-3-10(12)8(2)9-6-4-5-7-11(9)13/h4-8,10H,3H2,1-2H3. The lowest BCUT2D eigenvalue weighted by Gasteiger charge is -2.17. The molecule has 2 unspecified atom stereocenters. The van der Waals surface area contributed by atoms with E-state index in [2.05, 4.69) is 22.9 Å². The van der Waals surface area contributed by atoms with Gasteiger partial charge >= 0.3 is 0 Å². The molecule has 0 aromatic heterocycles. The van der Waals surface area contributed by atoms with E-state index in [1.807, 2.05) is 19.1 Å². The highest BCUT2D eigenvalue weighted by molar-refractivity contribution is 9.09. The average molecular weight is 245 g/mol. The lowest BCUT2D eigenvalue weighted by Crippen LogP contribution is -2.09. The number of alkyl halides is 1. The molecule has 0 aliphatic heterocycles. The van der Waals surface area contributed by atoms with Crippen LogP contribution in [0.5, 0.6) is 0 Å². The summed E-state index contributed by atoms with van der Waals surface area (Å²) in [7, 11) is 0. The highest BCUT2D eigenvalue weighted by Gasteiger charge is 2.16. The Morgan fingerprint density at radius 1 is 1.38 bits per heavy atom. The van der Waals surface area contributed by atoms with E-state index < -0.39 is 0 Å². The second-order valence-electron chi connectivity index (χ2n) is 3.23. The van der Waals surface area contributed by atoms with Crippen molar-refractivity contribution in [1.82, 2.24) is 0 Å². The van der Waals surface area contributed by atoms with Gasteiger partial charge in [0.2, 0.25) is 0 Å². The van der Waals surface area contributed by atoms with Crippen LogP contribution in [0.25, 0.3) is 0 Å². The van der Waals surface area contributed by atoms with Gasteiger partial charge in [-0.15, -0.1) is 0 Å². The Bertz CT molecular complexity index is 273. The lowest BCUT2D eigenvalue weighted by molar-refractivity contribution is 0.579. The van der Waals surface area contributed by atoms with Gasteiger partial charge in [0.25, 0.3) is 0 Å². The molecular weight excluding hydrogens is 231 g/mol. The summed E-state index contributed by atoms with van der Waals surface area (Å²) in [5.41, 5.74) is 0.797. The zero-order valence-electron chi connectivity index (χ0n) is 7.93. The van der Waals surface area contributed by atoms with Gasteiger partial charge < -0.3 is 0 Å². The molecule has 0 fully saturated rings. The third-order valence-corrected chi connectivity index (χ3v) is 3.77. The van der Waals surface area contributed by atoms with Gasteiger partial charge in [0, 0.05) is 4.83 Å². The molecule has 1 rings (SSSR count). The molecule has 72 valence electrons. The van der Waals surface area contributed by atoms with Gasteiger partial charge in [-0.25, -0.2) is 4.39 Å². The quantitative estimate of drug-likeness (QED) is 0.703. The van der Waals surface area contributed by atoms with Crippen LogP contribution in [0.2, 0.25) is 0 Å². The van der Waals surface area contributed by atoms with Gasteiger partial charge in [0.15, 0.2) is 0 Å². The van der Waals surface area contributed by atoms with Gasteiger partial charge in [0.05, 0.1) is 0 Å². The molecule has 1 aromatic carbocycles. The fraction of sp³-hybridized carbons (Fsp3) is 0.455. The van der Waals surface area contributed by atoms with Crippen molar-refractivity contribution in [3.05, 3.63) is 35.6 Å². The molecule has 0 bridgehead atoms. The van der Waals surface area contributed by atoms with E-state index in [1.54, 1.807) is 6.07 Å². The first-order valence-corrected chi connectivity index (χ1v) is 5.46. The summed E-state index contributed by atoms with van der Waals surface area (Å²) in [5.74, 6) is 0.124. The maximum Gasteiger partial charge on any atom is 0.126 e. The normalized spacial score (nSPS) is 15.4. The summed E-state index contributed by atoms with van der Waals surface area (Å²) in [5, 5.41) is 0. The van der Waals surface area contributed by atoms with Crippen molar-refractivity contribution < 1.29 is 4.39 Å². The van der Waals surface area contributed by atoms with Crippen LogP contribution in [0.4, 0.5) is 4.39 Å². The van der Waals surface area contributed by atoms with Crippen LogP contribution in [-0.4, -0.2) is 4.83 Å². The second-order valence-corrected chi connectivity index (χ2v) is 4.41. The topological polar surface area (TPSA) is 0 Å². The van der Waals surface area contributed by atoms with E-state index >= 15 is 0 Å². The van der Waals surface area contributed by atoms with Crippen LogP contribution in [0.1, 0.15) is 31.7 Å². The highest BCUT2D eigenvalue weighted by atomic mass is 79.9. The van der Waals surface area contributed by atoms with Crippen LogP contribution in [-0.2, 0) is 0 Å². The van der Waals surface area contributed by atoms with Gasteiger partial charge in [-0.1, -0.05) is 48.0 Å². The molecule has 0 radical (unpaired) electrons. The zero-order valence-corrected chi connectivity index (χ0v) is 9.51. The molecule has 0 nitrogen and oxygen atoms in total. The smallest absolute Gasteiger partial charge is 0.126 e. The predicted octanol–water partition coefficient (Wildman–Crippen LogP) is 4.10. The first kappa shape index (κ1) is 10.7. The van der Waals surface area contributed by atoms with E-state index in [4.69, 9.17) is 0 Å². The summed E-state index contributed by atoms with van der Waals surface area (Å²) in [6, 6.07) is 6.97. The molecule has 0 aliphatic rings. The van der Waals surface area contributed by atoms with Crippen molar-refractivity contribution in [2.24, 2.45) is 0 Å². The Morgan fingerprint density at radius 2 is 2.00 bits per heavy atom. The molecule has 1 aromatic rings. The predicted molar refractivity (Wildman–Crippen MR) is 57.8 cm³/mol. The van der Waals surface area contributed by atoms with Gasteiger partial charge in [0.1, 0.15) is 5.82 Å². The molecule has 0 amide bonds. The van der Waals surface area contributed by atoms with E-state index in [0.717, 1.165) is 12.0 Å². The molecule has 0 N–H and O–H groups in total. The summed E-state index contributed by atoms with van der Waals surface area (Å²) >= 11 is 3.55. The van der Waals surface area contributed by atoms with E-state index in [0.29, 0.717) is 4.83 Å². The van der Waals surface area contributed by atoms with Crippen molar-refractivity contribution in [1.29, 1.82) is 0 Å². The van der Waals surface area contributed by atoms with Crippen LogP contribution < -0.4 is 0 Å². The molecule has 0 spiro atoms. The van der Waals surface area contributed by atoms with Crippen LogP contribution in [0.3, 0.4) is 0 Å². The third-order valence-electron chi connectivity index (χ3n) is 2.33. The highest BCUT2D eigenvalue weighted by Crippen LogP contribution is 2.28. The minimum Gasteiger partial charge on any atom is -0.207 e. The fourth-order valence-corrected chi connectivity index (χ4v) is 1.68. The molecule has 0 saturated heterocycles. The molecular formula is C11H14BrF. The minimum atomic E-state index is -0.104. The summed E-state index contributed by atoms with van der Waals surface area (Å²) < 4.78 is 13.3. The molecule has 2 atom stereocenters. The van der Waals surface area contributed by atoms with Crippen LogP contribution >= 0.6 is 15.9 Å². The molecule has 2 heteroatoms. The number of rotatable bonds is 3. The molecule has 13 heavy (non-hydrogen) atoms. The Morgan fingerprint density at radius 3 is 2.54 bits per heavy atom. The largest absolute Gasteiger partial charge is 0.207 e. The van der Waals surface area contributed by atoms with E-state index in [9.17, 15) is 4.39 Å². The third kappa shape index (κ3) is 2.53. The van der Waals surface area contributed by atoms with Crippen molar-refractivity contribution in [3.63, 3.8) is 0 Å².